The third-order valence-electron chi connectivity index (χ3n) is 2.19. The van der Waals surface area contributed by atoms with Gasteiger partial charge in [0.2, 0.25) is 5.13 Å². The summed E-state index contributed by atoms with van der Waals surface area (Å²) < 4.78 is 4.14. The van der Waals surface area contributed by atoms with E-state index in [0.29, 0.717) is 0 Å². The van der Waals surface area contributed by atoms with E-state index in [1.165, 1.54) is 11.5 Å². The molecule has 0 saturated carbocycles. The molecule has 84 valence electrons. The first-order valence-corrected chi connectivity index (χ1v) is 5.71. The number of amidine groups is 1. The van der Waals surface area contributed by atoms with Crippen molar-refractivity contribution < 1.29 is 0 Å². The minimum absolute atomic E-state index is 0.0501. The fourth-order valence-corrected chi connectivity index (χ4v) is 1.93. The predicted octanol–water partition coefficient (Wildman–Crippen LogP) is 1.24. The van der Waals surface area contributed by atoms with E-state index in [9.17, 15) is 0 Å². The molecule has 0 aromatic carbocycles. The van der Waals surface area contributed by atoms with E-state index < -0.39 is 0 Å². The van der Waals surface area contributed by atoms with Crippen molar-refractivity contribution in [2.24, 2.45) is 11.7 Å². The summed E-state index contributed by atoms with van der Waals surface area (Å²) in [5.74, 6) is 1.06. The molecule has 0 spiro atoms. The monoisotopic (exact) mass is 227 g/mol. The molecular weight excluding hydrogens is 210 g/mol. The van der Waals surface area contributed by atoms with Gasteiger partial charge in [0.25, 0.3) is 0 Å². The lowest BCUT2D eigenvalue weighted by molar-refractivity contribution is 0.695. The van der Waals surface area contributed by atoms with Gasteiger partial charge in [-0.05, 0) is 13.8 Å². The van der Waals surface area contributed by atoms with Crippen LogP contribution in [0.2, 0.25) is 0 Å². The molecule has 1 atom stereocenters. The normalized spacial score (nSPS) is 12.5. The lowest BCUT2D eigenvalue weighted by Crippen LogP contribution is -2.34. The van der Waals surface area contributed by atoms with Crippen LogP contribution in [0.3, 0.4) is 0 Å². The van der Waals surface area contributed by atoms with E-state index in [2.05, 4.69) is 21.2 Å². The molecule has 5 nitrogen and oxygen atoms in total. The summed E-state index contributed by atoms with van der Waals surface area (Å²) in [6.07, 6.45) is 0. The molecule has 1 heterocycles. The molecule has 0 aliphatic heterocycles. The molecule has 0 radical (unpaired) electrons. The number of aromatic nitrogens is 2. The van der Waals surface area contributed by atoms with Crippen molar-refractivity contribution in [1.29, 1.82) is 5.41 Å². The zero-order valence-electron chi connectivity index (χ0n) is 9.32. The van der Waals surface area contributed by atoms with Crippen LogP contribution in [-0.2, 0) is 0 Å². The van der Waals surface area contributed by atoms with E-state index in [4.69, 9.17) is 11.1 Å². The van der Waals surface area contributed by atoms with Gasteiger partial charge in [-0.3, -0.25) is 5.41 Å². The van der Waals surface area contributed by atoms with Crippen LogP contribution in [0, 0.1) is 18.3 Å². The average Bonchev–Trinajstić information content (AvgIpc) is 2.60. The first kappa shape index (κ1) is 11.9. The van der Waals surface area contributed by atoms with Gasteiger partial charge in [-0.2, -0.15) is 4.37 Å². The fourth-order valence-electron chi connectivity index (χ4n) is 1.19. The van der Waals surface area contributed by atoms with Gasteiger partial charge >= 0.3 is 0 Å². The molecule has 0 amide bonds. The van der Waals surface area contributed by atoms with E-state index in [1.54, 1.807) is 0 Å². The third-order valence-corrected chi connectivity index (χ3v) is 3.06. The van der Waals surface area contributed by atoms with Crippen molar-refractivity contribution in [2.75, 3.05) is 18.0 Å². The zero-order chi connectivity index (χ0) is 11.4. The van der Waals surface area contributed by atoms with Crippen LogP contribution in [0.1, 0.15) is 19.7 Å². The van der Waals surface area contributed by atoms with Crippen LogP contribution in [0.15, 0.2) is 0 Å². The van der Waals surface area contributed by atoms with Crippen LogP contribution >= 0.6 is 11.5 Å². The zero-order valence-corrected chi connectivity index (χ0v) is 10.1. The highest BCUT2D eigenvalue weighted by Gasteiger charge is 2.14. The van der Waals surface area contributed by atoms with Gasteiger partial charge in [-0.15, -0.1) is 0 Å². The maximum Gasteiger partial charge on any atom is 0.205 e. The minimum Gasteiger partial charge on any atom is -0.387 e. The number of nitrogens with two attached hydrogens (primary N) is 1. The molecule has 6 heteroatoms. The Morgan fingerprint density at radius 1 is 1.67 bits per heavy atom. The van der Waals surface area contributed by atoms with Crippen LogP contribution in [0.25, 0.3) is 0 Å². The summed E-state index contributed by atoms with van der Waals surface area (Å²) in [5, 5.41) is 8.26. The molecule has 1 aromatic heterocycles. The predicted molar refractivity (Wildman–Crippen MR) is 63.6 cm³/mol. The standard InChI is InChI=1S/C9H17N5S/c1-4-14(5-6(2)8(10)11)9-12-7(3)13-15-9/h6H,4-5H2,1-3H3,(H3,10,11). The highest BCUT2D eigenvalue weighted by atomic mass is 32.1. The SMILES string of the molecule is CCN(CC(C)C(=N)N)c1nc(C)ns1. The van der Waals surface area contributed by atoms with E-state index >= 15 is 0 Å². The summed E-state index contributed by atoms with van der Waals surface area (Å²) in [6.45, 7) is 7.46. The Kier molecular flexibility index (Phi) is 4.02. The number of rotatable bonds is 5. The highest BCUT2D eigenvalue weighted by Crippen LogP contribution is 2.17. The Morgan fingerprint density at radius 3 is 2.73 bits per heavy atom. The van der Waals surface area contributed by atoms with Gasteiger partial charge in [0.1, 0.15) is 5.82 Å². The number of aryl methyl sites for hydroxylation is 1. The summed E-state index contributed by atoms with van der Waals surface area (Å²) in [7, 11) is 0. The second-order valence-electron chi connectivity index (χ2n) is 3.52. The maximum atomic E-state index is 7.35. The van der Waals surface area contributed by atoms with Crippen molar-refractivity contribution in [3.63, 3.8) is 0 Å². The van der Waals surface area contributed by atoms with E-state index in [1.807, 2.05) is 13.8 Å². The lowest BCUT2D eigenvalue weighted by atomic mass is 10.1. The largest absolute Gasteiger partial charge is 0.387 e. The molecule has 3 N–H and O–H groups in total. The number of anilines is 1. The van der Waals surface area contributed by atoms with Crippen LogP contribution < -0.4 is 10.6 Å². The topological polar surface area (TPSA) is 78.9 Å². The van der Waals surface area contributed by atoms with Gasteiger partial charge in [0.05, 0.1) is 5.84 Å². The van der Waals surface area contributed by atoms with Crippen LogP contribution in [-0.4, -0.2) is 28.3 Å². The second-order valence-corrected chi connectivity index (χ2v) is 4.25. The number of hydrogen-bond donors (Lipinski definition) is 2. The van der Waals surface area contributed by atoms with Gasteiger partial charge in [0, 0.05) is 30.5 Å². The Hall–Kier alpha value is -1.17. The molecule has 0 fully saturated rings. The van der Waals surface area contributed by atoms with Crippen molar-refractivity contribution in [3.8, 4) is 0 Å². The highest BCUT2D eigenvalue weighted by molar-refractivity contribution is 7.09. The quantitative estimate of drug-likeness (QED) is 0.586. The minimum atomic E-state index is 0.0501. The second kappa shape index (κ2) is 5.06. The summed E-state index contributed by atoms with van der Waals surface area (Å²) in [6, 6.07) is 0. The summed E-state index contributed by atoms with van der Waals surface area (Å²) >= 11 is 1.39. The lowest BCUT2D eigenvalue weighted by Gasteiger charge is -2.22. The maximum absolute atomic E-state index is 7.35. The smallest absolute Gasteiger partial charge is 0.205 e. The Bertz CT molecular complexity index is 335. The number of nitrogens with one attached hydrogen (secondary N) is 1. The van der Waals surface area contributed by atoms with Crippen molar-refractivity contribution in [2.45, 2.75) is 20.8 Å². The van der Waals surface area contributed by atoms with Gasteiger partial charge < -0.3 is 10.6 Å². The molecule has 0 bridgehead atoms. The van der Waals surface area contributed by atoms with E-state index in [0.717, 1.165) is 24.0 Å². The van der Waals surface area contributed by atoms with Gasteiger partial charge in [-0.25, -0.2) is 4.98 Å². The van der Waals surface area contributed by atoms with Crippen LogP contribution in [0.5, 0.6) is 0 Å². The first-order valence-electron chi connectivity index (χ1n) is 4.93. The Morgan fingerprint density at radius 2 is 2.33 bits per heavy atom. The van der Waals surface area contributed by atoms with Crippen molar-refractivity contribution in [1.82, 2.24) is 9.36 Å². The molecule has 0 saturated heterocycles. The van der Waals surface area contributed by atoms with Crippen LogP contribution in [0.4, 0.5) is 5.13 Å². The van der Waals surface area contributed by atoms with Gasteiger partial charge in [0.15, 0.2) is 0 Å². The van der Waals surface area contributed by atoms with Crippen molar-refractivity contribution >= 4 is 22.5 Å². The molecular formula is C9H17N5S. The molecule has 1 rings (SSSR count). The van der Waals surface area contributed by atoms with E-state index in [-0.39, 0.29) is 11.8 Å². The fraction of sp³-hybridized carbons (Fsp3) is 0.667. The van der Waals surface area contributed by atoms with Gasteiger partial charge in [-0.1, -0.05) is 6.92 Å². The van der Waals surface area contributed by atoms with Crippen molar-refractivity contribution in [3.05, 3.63) is 5.82 Å². The Labute approximate surface area is 94.0 Å². The molecule has 15 heavy (non-hydrogen) atoms. The average molecular weight is 227 g/mol. The number of hydrogen-bond acceptors (Lipinski definition) is 5. The summed E-state index contributed by atoms with van der Waals surface area (Å²) in [4.78, 5) is 6.41. The summed E-state index contributed by atoms with van der Waals surface area (Å²) in [5.41, 5.74) is 5.45. The number of nitrogens with zero attached hydrogens (tertiary/aromatic N) is 3. The Balaban J connectivity index is 2.68. The first-order chi connectivity index (χ1) is 7.04. The molecule has 1 unspecified atom stereocenters. The third kappa shape index (κ3) is 3.16. The molecule has 0 aliphatic rings. The molecule has 1 aromatic rings. The molecule has 0 aliphatic carbocycles.